The van der Waals surface area contributed by atoms with Gasteiger partial charge in [0.15, 0.2) is 0 Å². The first-order valence-electron chi connectivity index (χ1n) is 9.87. The molecule has 0 bridgehead atoms. The largest absolute Gasteiger partial charge is 0.305 e. The van der Waals surface area contributed by atoms with Crippen molar-refractivity contribution in [2.75, 3.05) is 16.3 Å². The Labute approximate surface area is 177 Å². The summed E-state index contributed by atoms with van der Waals surface area (Å²) in [5.74, 6) is -0.192. The van der Waals surface area contributed by atoms with Gasteiger partial charge >= 0.3 is 0 Å². The molecule has 0 radical (unpaired) electrons. The number of fused-ring (bicyclic) bond motifs is 1. The number of anilines is 2. The van der Waals surface area contributed by atoms with Gasteiger partial charge in [0.2, 0.25) is 0 Å². The highest BCUT2D eigenvalue weighted by atomic mass is 32.2. The van der Waals surface area contributed by atoms with E-state index in [1.165, 1.54) is 23.5 Å². The number of hydrogen-bond donors (Lipinski definition) is 0. The summed E-state index contributed by atoms with van der Waals surface area (Å²) in [6, 6.07) is 21.5. The highest BCUT2D eigenvalue weighted by molar-refractivity contribution is 7.92. The number of hydrogen-bond acceptors (Lipinski definition) is 3. The third-order valence-corrected chi connectivity index (χ3v) is 7.39. The van der Waals surface area contributed by atoms with Gasteiger partial charge in [-0.05, 0) is 61.7 Å². The summed E-state index contributed by atoms with van der Waals surface area (Å²) in [5, 5.41) is 0. The fourth-order valence-corrected chi connectivity index (χ4v) is 5.31. The number of nitrogens with zero attached hydrogens (tertiary/aromatic N) is 2. The van der Waals surface area contributed by atoms with Crippen molar-refractivity contribution >= 4 is 27.3 Å². The van der Waals surface area contributed by atoms with Crippen LogP contribution in [0.2, 0.25) is 0 Å². The Morgan fingerprint density at radius 3 is 2.47 bits per heavy atom. The molecule has 3 aromatic carbocycles. The van der Waals surface area contributed by atoms with Crippen LogP contribution in [0.5, 0.6) is 0 Å². The van der Waals surface area contributed by atoms with Gasteiger partial charge in [0.1, 0.15) is 0 Å². The molecule has 1 heterocycles. The Kier molecular flexibility index (Phi) is 5.12. The standard InChI is InChI=1S/C24H24N2O3S/c1-17-9-4-6-13-22(17)25(3)30(28,29)21-12-8-11-20(16-21)24(27)26-18(2)15-19-10-5-7-14-23(19)26/h4-14,16,18H,15H2,1-3H3/t18-/m1/s1. The average Bonchev–Trinajstić information content (AvgIpc) is 3.08. The van der Waals surface area contributed by atoms with Crippen LogP contribution in [0.4, 0.5) is 11.4 Å². The second-order valence-electron chi connectivity index (χ2n) is 7.64. The van der Waals surface area contributed by atoms with E-state index in [-0.39, 0.29) is 16.8 Å². The van der Waals surface area contributed by atoms with E-state index < -0.39 is 10.0 Å². The molecule has 1 aliphatic rings. The maximum absolute atomic E-state index is 13.3. The van der Waals surface area contributed by atoms with E-state index in [1.54, 1.807) is 29.2 Å². The van der Waals surface area contributed by atoms with Gasteiger partial charge in [0.05, 0.1) is 10.6 Å². The minimum Gasteiger partial charge on any atom is -0.305 e. The fourth-order valence-electron chi connectivity index (χ4n) is 4.01. The maximum Gasteiger partial charge on any atom is 0.264 e. The van der Waals surface area contributed by atoms with E-state index in [1.807, 2.05) is 50.2 Å². The number of aryl methyl sites for hydroxylation is 1. The second-order valence-corrected chi connectivity index (χ2v) is 9.61. The van der Waals surface area contributed by atoms with Crippen LogP contribution in [-0.4, -0.2) is 27.4 Å². The van der Waals surface area contributed by atoms with E-state index in [9.17, 15) is 13.2 Å². The lowest BCUT2D eigenvalue weighted by Crippen LogP contribution is -2.36. The van der Waals surface area contributed by atoms with Gasteiger partial charge in [-0.15, -0.1) is 0 Å². The van der Waals surface area contributed by atoms with Gasteiger partial charge < -0.3 is 4.90 Å². The number of rotatable bonds is 4. The van der Waals surface area contributed by atoms with Crippen molar-refractivity contribution in [2.24, 2.45) is 0 Å². The molecule has 0 fully saturated rings. The molecule has 30 heavy (non-hydrogen) atoms. The van der Waals surface area contributed by atoms with E-state index >= 15 is 0 Å². The monoisotopic (exact) mass is 420 g/mol. The molecule has 0 saturated carbocycles. The molecule has 0 aliphatic carbocycles. The number of para-hydroxylation sites is 2. The molecular weight excluding hydrogens is 396 g/mol. The number of sulfonamides is 1. The van der Waals surface area contributed by atoms with Crippen molar-refractivity contribution in [3.63, 3.8) is 0 Å². The Balaban J connectivity index is 1.69. The lowest BCUT2D eigenvalue weighted by molar-refractivity contribution is 0.0981. The molecule has 3 aromatic rings. The molecule has 6 heteroatoms. The molecule has 0 aromatic heterocycles. The first-order chi connectivity index (χ1) is 14.3. The quantitative estimate of drug-likeness (QED) is 0.628. The van der Waals surface area contributed by atoms with Crippen LogP contribution < -0.4 is 9.21 Å². The number of carbonyl (C=O) groups excluding carboxylic acids is 1. The summed E-state index contributed by atoms with van der Waals surface area (Å²) in [6.07, 6.45) is 0.788. The van der Waals surface area contributed by atoms with Gasteiger partial charge in [-0.25, -0.2) is 8.42 Å². The maximum atomic E-state index is 13.3. The van der Waals surface area contributed by atoms with Gasteiger partial charge in [-0.3, -0.25) is 9.10 Å². The Morgan fingerprint density at radius 1 is 1.00 bits per heavy atom. The second kappa shape index (κ2) is 7.61. The third kappa shape index (κ3) is 3.37. The molecule has 0 N–H and O–H groups in total. The van der Waals surface area contributed by atoms with E-state index in [0.29, 0.717) is 11.3 Å². The smallest absolute Gasteiger partial charge is 0.264 e. The molecule has 1 amide bonds. The zero-order chi connectivity index (χ0) is 21.5. The van der Waals surface area contributed by atoms with E-state index in [2.05, 4.69) is 0 Å². The first kappa shape index (κ1) is 20.2. The summed E-state index contributed by atoms with van der Waals surface area (Å²) in [5.41, 5.74) is 3.84. The minimum atomic E-state index is -3.81. The normalized spacial score (nSPS) is 15.7. The van der Waals surface area contributed by atoms with Crippen molar-refractivity contribution in [1.29, 1.82) is 0 Å². The molecule has 4 rings (SSSR count). The highest BCUT2D eigenvalue weighted by Gasteiger charge is 2.32. The molecule has 0 saturated heterocycles. The zero-order valence-electron chi connectivity index (χ0n) is 17.2. The van der Waals surface area contributed by atoms with E-state index in [4.69, 9.17) is 0 Å². The minimum absolute atomic E-state index is 0.0183. The number of amides is 1. The first-order valence-corrected chi connectivity index (χ1v) is 11.3. The van der Waals surface area contributed by atoms with Crippen LogP contribution in [0.25, 0.3) is 0 Å². The molecular formula is C24H24N2O3S. The molecule has 5 nitrogen and oxygen atoms in total. The average molecular weight is 421 g/mol. The SMILES string of the molecule is Cc1ccccc1N(C)S(=O)(=O)c1cccc(C(=O)N2c3ccccc3C[C@H]2C)c1. The third-order valence-electron chi connectivity index (χ3n) is 5.62. The number of benzene rings is 3. The Morgan fingerprint density at radius 2 is 1.70 bits per heavy atom. The van der Waals surface area contributed by atoms with Crippen LogP contribution in [0.15, 0.2) is 77.7 Å². The predicted octanol–water partition coefficient (Wildman–Crippen LogP) is 4.41. The molecule has 154 valence electrons. The molecule has 1 aliphatic heterocycles. The van der Waals surface area contributed by atoms with Crippen LogP contribution >= 0.6 is 0 Å². The van der Waals surface area contributed by atoms with Crippen molar-refractivity contribution in [3.8, 4) is 0 Å². The van der Waals surface area contributed by atoms with Crippen molar-refractivity contribution in [3.05, 3.63) is 89.5 Å². The highest BCUT2D eigenvalue weighted by Crippen LogP contribution is 2.33. The molecule has 0 unspecified atom stereocenters. The zero-order valence-corrected chi connectivity index (χ0v) is 18.1. The summed E-state index contributed by atoms with van der Waals surface area (Å²) in [7, 11) is -2.27. The van der Waals surface area contributed by atoms with Gasteiger partial charge in [-0.1, -0.05) is 42.5 Å². The Bertz CT molecular complexity index is 1220. The lowest BCUT2D eigenvalue weighted by atomic mass is 10.1. The van der Waals surface area contributed by atoms with E-state index in [0.717, 1.165) is 23.2 Å². The molecule has 0 spiro atoms. The van der Waals surface area contributed by atoms with Crippen LogP contribution in [0.1, 0.15) is 28.4 Å². The molecule has 1 atom stereocenters. The summed E-state index contributed by atoms with van der Waals surface area (Å²) >= 11 is 0. The van der Waals surface area contributed by atoms with Gasteiger partial charge in [-0.2, -0.15) is 0 Å². The lowest BCUT2D eigenvalue weighted by Gasteiger charge is -2.24. The van der Waals surface area contributed by atoms with Crippen LogP contribution in [0, 0.1) is 6.92 Å². The van der Waals surface area contributed by atoms with Crippen molar-refractivity contribution in [1.82, 2.24) is 0 Å². The fraction of sp³-hybridized carbons (Fsp3) is 0.208. The van der Waals surface area contributed by atoms with Gasteiger partial charge in [0.25, 0.3) is 15.9 Å². The predicted molar refractivity (Wildman–Crippen MR) is 120 cm³/mol. The van der Waals surface area contributed by atoms with Gasteiger partial charge in [0, 0.05) is 24.3 Å². The van der Waals surface area contributed by atoms with Crippen molar-refractivity contribution < 1.29 is 13.2 Å². The topological polar surface area (TPSA) is 57.7 Å². The Hall–Kier alpha value is -3.12. The summed E-state index contributed by atoms with van der Waals surface area (Å²) < 4.78 is 27.8. The summed E-state index contributed by atoms with van der Waals surface area (Å²) in [6.45, 7) is 3.87. The van der Waals surface area contributed by atoms with Crippen molar-refractivity contribution in [2.45, 2.75) is 31.2 Å². The summed E-state index contributed by atoms with van der Waals surface area (Å²) in [4.78, 5) is 15.2. The number of carbonyl (C=O) groups is 1. The van der Waals surface area contributed by atoms with Crippen LogP contribution in [-0.2, 0) is 16.4 Å². The van der Waals surface area contributed by atoms with Crippen LogP contribution in [0.3, 0.4) is 0 Å².